The molecule has 0 aromatic rings. The standard InChI is InChI=1S/C21H39NO3Si2/c1-21(2,3)25-20(24)22-18(13-11-15-27(7,8)9)16-17(19(22)23)12-10-14-26(4,5)6/h10-13,17-18H,14-16H2,1-9H3/b12-10+,13-11+/t17-,18+/m1/s1. The summed E-state index contributed by atoms with van der Waals surface area (Å²) in [7, 11) is -2.40. The Kier molecular flexibility index (Phi) is 7.88. The number of imide groups is 1. The van der Waals surface area contributed by atoms with E-state index in [1.807, 2.05) is 32.9 Å². The van der Waals surface area contributed by atoms with Gasteiger partial charge in [0.25, 0.3) is 0 Å². The first kappa shape index (κ1) is 23.9. The lowest BCUT2D eigenvalue weighted by Crippen LogP contribution is -2.42. The second-order valence-electron chi connectivity index (χ2n) is 11.0. The molecule has 0 bridgehead atoms. The first-order valence-corrected chi connectivity index (χ1v) is 17.4. The van der Waals surface area contributed by atoms with Gasteiger partial charge >= 0.3 is 6.09 Å². The van der Waals surface area contributed by atoms with Crippen LogP contribution in [0.1, 0.15) is 27.2 Å². The van der Waals surface area contributed by atoms with Crippen LogP contribution >= 0.6 is 0 Å². The summed E-state index contributed by atoms with van der Waals surface area (Å²) in [6, 6.07) is 1.86. The zero-order chi connectivity index (χ0) is 21.0. The summed E-state index contributed by atoms with van der Waals surface area (Å²) in [6.45, 7) is 19.3. The molecular weight excluding hydrogens is 370 g/mol. The van der Waals surface area contributed by atoms with Crippen molar-refractivity contribution in [2.24, 2.45) is 5.92 Å². The molecule has 154 valence electrons. The molecule has 0 unspecified atom stereocenters. The lowest BCUT2D eigenvalue weighted by Gasteiger charge is -2.26. The van der Waals surface area contributed by atoms with Crippen LogP contribution in [0.5, 0.6) is 0 Å². The van der Waals surface area contributed by atoms with Gasteiger partial charge in [0.05, 0.1) is 12.0 Å². The van der Waals surface area contributed by atoms with Crippen molar-refractivity contribution < 1.29 is 14.3 Å². The largest absolute Gasteiger partial charge is 0.443 e. The van der Waals surface area contributed by atoms with Gasteiger partial charge in [0.1, 0.15) is 5.60 Å². The van der Waals surface area contributed by atoms with Gasteiger partial charge in [-0.3, -0.25) is 4.79 Å². The van der Waals surface area contributed by atoms with Crippen molar-refractivity contribution >= 4 is 28.1 Å². The van der Waals surface area contributed by atoms with Gasteiger partial charge in [-0.1, -0.05) is 63.6 Å². The first-order valence-electron chi connectivity index (χ1n) is 9.98. The van der Waals surface area contributed by atoms with Crippen molar-refractivity contribution in [2.75, 3.05) is 0 Å². The number of hydrogen-bond acceptors (Lipinski definition) is 3. The summed E-state index contributed by atoms with van der Waals surface area (Å²) >= 11 is 0. The summed E-state index contributed by atoms with van der Waals surface area (Å²) in [4.78, 5) is 26.9. The molecule has 4 nitrogen and oxygen atoms in total. The van der Waals surface area contributed by atoms with Crippen LogP contribution in [-0.4, -0.2) is 44.7 Å². The Morgan fingerprint density at radius 1 is 1.04 bits per heavy atom. The molecule has 0 saturated carbocycles. The number of ether oxygens (including phenoxy) is 1. The predicted molar refractivity (Wildman–Crippen MR) is 120 cm³/mol. The van der Waals surface area contributed by atoms with E-state index >= 15 is 0 Å². The predicted octanol–water partition coefficient (Wildman–Crippen LogP) is 5.93. The van der Waals surface area contributed by atoms with E-state index in [2.05, 4.69) is 51.4 Å². The lowest BCUT2D eigenvalue weighted by atomic mass is 10.0. The third-order valence-electron chi connectivity index (χ3n) is 4.16. The molecule has 0 N–H and O–H groups in total. The molecule has 2 atom stereocenters. The minimum absolute atomic E-state index is 0.140. The van der Waals surface area contributed by atoms with Crippen LogP contribution in [0.15, 0.2) is 24.3 Å². The van der Waals surface area contributed by atoms with E-state index in [1.54, 1.807) is 0 Å². The molecule has 0 radical (unpaired) electrons. The quantitative estimate of drug-likeness (QED) is 0.403. The van der Waals surface area contributed by atoms with Crippen molar-refractivity contribution in [1.82, 2.24) is 4.90 Å². The summed E-state index contributed by atoms with van der Waals surface area (Å²) in [6.07, 6.45) is 8.43. The van der Waals surface area contributed by atoms with Crippen LogP contribution in [0.25, 0.3) is 0 Å². The molecule has 1 aliphatic rings. The first-order chi connectivity index (χ1) is 12.1. The minimum atomic E-state index is -1.21. The Morgan fingerprint density at radius 3 is 1.96 bits per heavy atom. The fourth-order valence-electron chi connectivity index (χ4n) is 2.84. The maximum atomic E-state index is 12.9. The number of carbonyl (C=O) groups is 2. The van der Waals surface area contributed by atoms with Crippen molar-refractivity contribution in [3.05, 3.63) is 24.3 Å². The van der Waals surface area contributed by atoms with Crippen LogP contribution in [0.3, 0.4) is 0 Å². The Labute approximate surface area is 168 Å². The van der Waals surface area contributed by atoms with E-state index in [1.165, 1.54) is 4.90 Å². The molecule has 0 aromatic heterocycles. The second-order valence-corrected chi connectivity index (χ2v) is 22.0. The number of likely N-dealkylation sites (tertiary alicyclic amines) is 1. The van der Waals surface area contributed by atoms with E-state index in [0.29, 0.717) is 6.42 Å². The summed E-state index contributed by atoms with van der Waals surface area (Å²) in [5.74, 6) is -0.380. The van der Waals surface area contributed by atoms with E-state index in [9.17, 15) is 9.59 Å². The van der Waals surface area contributed by atoms with Crippen molar-refractivity contribution in [3.8, 4) is 0 Å². The Bertz CT molecular complexity index is 592. The molecule has 0 spiro atoms. The molecule has 1 saturated heterocycles. The van der Waals surface area contributed by atoms with Gasteiger partial charge in [0, 0.05) is 16.1 Å². The highest BCUT2D eigenvalue weighted by atomic mass is 28.3. The van der Waals surface area contributed by atoms with Gasteiger partial charge in [-0.05, 0) is 39.3 Å². The number of nitrogens with zero attached hydrogens (tertiary/aromatic N) is 1. The monoisotopic (exact) mass is 409 g/mol. The smallest absolute Gasteiger partial charge is 0.417 e. The minimum Gasteiger partial charge on any atom is -0.443 e. The Morgan fingerprint density at radius 2 is 1.52 bits per heavy atom. The average molecular weight is 410 g/mol. The van der Waals surface area contributed by atoms with Crippen molar-refractivity contribution in [2.45, 2.75) is 90.2 Å². The average Bonchev–Trinajstić information content (AvgIpc) is 2.70. The maximum absolute atomic E-state index is 12.9. The molecule has 1 fully saturated rings. The van der Waals surface area contributed by atoms with Crippen LogP contribution in [-0.2, 0) is 9.53 Å². The molecule has 1 heterocycles. The number of amides is 2. The van der Waals surface area contributed by atoms with Crippen LogP contribution in [0.4, 0.5) is 4.79 Å². The highest BCUT2D eigenvalue weighted by Gasteiger charge is 2.42. The molecule has 1 rings (SSSR count). The Hall–Kier alpha value is -1.15. The molecule has 0 aromatic carbocycles. The maximum Gasteiger partial charge on any atom is 0.417 e. The third-order valence-corrected chi connectivity index (χ3v) is 7.08. The van der Waals surface area contributed by atoms with Crippen molar-refractivity contribution in [1.29, 1.82) is 0 Å². The molecule has 2 amide bonds. The summed E-state index contributed by atoms with van der Waals surface area (Å²) in [5.41, 5.74) is -0.615. The van der Waals surface area contributed by atoms with Gasteiger partial charge in [-0.15, -0.1) is 0 Å². The number of hydrogen-bond donors (Lipinski definition) is 0. The topological polar surface area (TPSA) is 46.6 Å². The highest BCUT2D eigenvalue weighted by molar-refractivity contribution is 6.76. The normalized spacial score (nSPS) is 22.3. The fourth-order valence-corrected chi connectivity index (χ4v) is 4.52. The molecular formula is C21H39NO3Si2. The van der Waals surface area contributed by atoms with E-state index in [4.69, 9.17) is 4.74 Å². The second kappa shape index (κ2) is 8.90. The third kappa shape index (κ3) is 9.06. The lowest BCUT2D eigenvalue weighted by molar-refractivity contribution is -0.129. The zero-order valence-corrected chi connectivity index (χ0v) is 20.8. The number of carbonyl (C=O) groups excluding carboxylic acids is 2. The Balaban J connectivity index is 2.98. The van der Waals surface area contributed by atoms with Gasteiger partial charge in [0.2, 0.25) is 5.91 Å². The summed E-state index contributed by atoms with van der Waals surface area (Å²) < 4.78 is 5.50. The van der Waals surface area contributed by atoms with Crippen LogP contribution in [0.2, 0.25) is 51.4 Å². The van der Waals surface area contributed by atoms with Gasteiger partial charge in [-0.25, -0.2) is 9.69 Å². The fraction of sp³-hybridized carbons (Fsp3) is 0.714. The van der Waals surface area contributed by atoms with Crippen LogP contribution < -0.4 is 0 Å². The van der Waals surface area contributed by atoms with Crippen LogP contribution in [0, 0.1) is 5.92 Å². The van der Waals surface area contributed by atoms with E-state index < -0.39 is 27.8 Å². The molecule has 0 aliphatic carbocycles. The molecule has 27 heavy (non-hydrogen) atoms. The SMILES string of the molecule is CC(C)(C)OC(=O)N1C(=O)[C@H](/C=C/C[Si](C)(C)C)C[C@@H]1/C=C/C[Si](C)(C)C. The van der Waals surface area contributed by atoms with Crippen molar-refractivity contribution in [3.63, 3.8) is 0 Å². The van der Waals surface area contributed by atoms with E-state index in [-0.39, 0.29) is 17.9 Å². The molecule has 1 aliphatic heterocycles. The van der Waals surface area contributed by atoms with Gasteiger partial charge in [0.15, 0.2) is 0 Å². The van der Waals surface area contributed by atoms with Gasteiger partial charge in [-0.2, -0.15) is 0 Å². The number of allylic oxidation sites excluding steroid dienone is 2. The van der Waals surface area contributed by atoms with Gasteiger partial charge < -0.3 is 4.74 Å². The zero-order valence-electron chi connectivity index (χ0n) is 18.8. The van der Waals surface area contributed by atoms with E-state index in [0.717, 1.165) is 12.1 Å². The summed E-state index contributed by atoms with van der Waals surface area (Å²) in [5, 5.41) is 0. The molecule has 6 heteroatoms. The number of rotatable bonds is 6. The highest BCUT2D eigenvalue weighted by Crippen LogP contribution is 2.29.